The molecule has 2 aliphatic heterocycles. The zero-order chi connectivity index (χ0) is 32.0. The first-order chi connectivity index (χ1) is 21.5. The number of carbonyl (C=O) groups is 2. The van der Waals surface area contributed by atoms with E-state index in [-0.39, 0.29) is 30.4 Å². The first-order valence-corrected chi connectivity index (χ1v) is 16.9. The van der Waals surface area contributed by atoms with E-state index in [9.17, 15) is 19.8 Å². The van der Waals surface area contributed by atoms with Crippen LogP contribution in [-0.2, 0) is 25.7 Å². The molecule has 0 radical (unpaired) electrons. The summed E-state index contributed by atoms with van der Waals surface area (Å²) < 4.78 is 5.41. The predicted octanol–water partition coefficient (Wildman–Crippen LogP) is 3.56. The highest BCUT2D eigenvalue weighted by Crippen LogP contribution is 2.61. The number of aliphatic hydroxyl groups excluding tert-OH is 2. The normalized spacial score (nSPS) is 35.2. The van der Waals surface area contributed by atoms with Gasteiger partial charge in [0.25, 0.3) is 0 Å². The molecule has 2 bridgehead atoms. The van der Waals surface area contributed by atoms with E-state index in [2.05, 4.69) is 51.2 Å². The van der Waals surface area contributed by atoms with Crippen molar-refractivity contribution in [3.63, 3.8) is 0 Å². The van der Waals surface area contributed by atoms with Gasteiger partial charge in [0.2, 0.25) is 11.8 Å². The first-order valence-electron chi connectivity index (χ1n) is 16.9. The van der Waals surface area contributed by atoms with Gasteiger partial charge < -0.3 is 25.2 Å². The molecule has 6 aliphatic rings. The Morgan fingerprint density at radius 2 is 1.89 bits per heavy atom. The molecule has 3 saturated carbocycles. The van der Waals surface area contributed by atoms with E-state index >= 15 is 0 Å². The van der Waals surface area contributed by atoms with Crippen molar-refractivity contribution in [2.24, 2.45) is 35.0 Å². The number of rotatable bonds is 8. The highest BCUT2D eigenvalue weighted by atomic mass is 16.7. The maximum atomic E-state index is 14.0. The van der Waals surface area contributed by atoms with Crippen molar-refractivity contribution >= 4 is 17.4 Å². The summed E-state index contributed by atoms with van der Waals surface area (Å²) in [6.45, 7) is 13.2. The molecule has 1 aromatic carbocycles. The summed E-state index contributed by atoms with van der Waals surface area (Å²) in [4.78, 5) is 35.2. The summed E-state index contributed by atoms with van der Waals surface area (Å²) in [6, 6.07) is 7.58. The number of benzene rings is 1. The standard InChI is InChI=1S/C36H51N3O6/c1-21-15-26(9-10-28(21)35(43)38-11-13-44-14-12-38)25-8-6-7-24(16-25)19-39-33(32(23(3)41)31(20-40)45-39)34(42)37-30-18-27-17-29(22(30)2)36(27,4)5/h6-10,16,21-23,27,29-33,40-41H,11-15,17-20H2,1-5H3,(H,37,42)/t21?,22-,23-,27+,29-,30-,31-,32+,33-/m0/s1. The molecule has 0 aromatic heterocycles. The molecule has 1 unspecified atom stereocenters. The minimum Gasteiger partial charge on any atom is -0.394 e. The van der Waals surface area contributed by atoms with Gasteiger partial charge in [-0.25, -0.2) is 0 Å². The van der Waals surface area contributed by atoms with Crippen LogP contribution in [0.25, 0.3) is 5.57 Å². The van der Waals surface area contributed by atoms with Crippen molar-refractivity contribution in [3.8, 4) is 0 Å². The van der Waals surface area contributed by atoms with E-state index in [1.54, 1.807) is 12.0 Å². The Morgan fingerprint density at radius 1 is 1.13 bits per heavy atom. The minimum atomic E-state index is -0.833. The maximum Gasteiger partial charge on any atom is 0.250 e. The van der Waals surface area contributed by atoms with Crippen molar-refractivity contribution < 1.29 is 29.4 Å². The van der Waals surface area contributed by atoms with Gasteiger partial charge in [-0.3, -0.25) is 14.4 Å². The second-order valence-electron chi connectivity index (χ2n) is 14.8. The van der Waals surface area contributed by atoms with E-state index in [1.807, 2.05) is 23.1 Å². The van der Waals surface area contributed by atoms with Crippen molar-refractivity contribution in [2.75, 3.05) is 32.9 Å². The molecule has 2 amide bonds. The zero-order valence-corrected chi connectivity index (χ0v) is 27.4. The molecule has 45 heavy (non-hydrogen) atoms. The van der Waals surface area contributed by atoms with Gasteiger partial charge in [0.1, 0.15) is 12.1 Å². The number of fused-ring (bicyclic) bond motifs is 2. The van der Waals surface area contributed by atoms with Crippen LogP contribution in [0.3, 0.4) is 0 Å². The Balaban J connectivity index is 1.18. The third-order valence-electron chi connectivity index (χ3n) is 11.8. The fourth-order valence-corrected chi connectivity index (χ4v) is 8.84. The molecule has 0 spiro atoms. The molecule has 7 rings (SSSR count). The Morgan fingerprint density at radius 3 is 2.53 bits per heavy atom. The Kier molecular flexibility index (Phi) is 9.29. The van der Waals surface area contributed by atoms with Crippen molar-refractivity contribution in [1.29, 1.82) is 0 Å². The summed E-state index contributed by atoms with van der Waals surface area (Å²) in [7, 11) is 0. The van der Waals surface area contributed by atoms with Gasteiger partial charge in [-0.1, -0.05) is 64.1 Å². The van der Waals surface area contributed by atoms with Gasteiger partial charge >= 0.3 is 0 Å². The highest BCUT2D eigenvalue weighted by Gasteiger charge is 2.57. The van der Waals surface area contributed by atoms with E-state index in [4.69, 9.17) is 9.57 Å². The quantitative estimate of drug-likeness (QED) is 0.407. The third-order valence-corrected chi connectivity index (χ3v) is 11.8. The predicted molar refractivity (Wildman–Crippen MR) is 171 cm³/mol. The monoisotopic (exact) mass is 621 g/mol. The fraction of sp³-hybridized carbons (Fsp3) is 0.667. The first kappa shape index (κ1) is 32.4. The minimum absolute atomic E-state index is 0.0925. The number of morpholine rings is 1. The lowest BCUT2D eigenvalue weighted by Gasteiger charge is -2.62. The van der Waals surface area contributed by atoms with Gasteiger partial charge in [0.15, 0.2) is 0 Å². The number of aliphatic hydroxyl groups is 2. The Bertz CT molecular complexity index is 1330. The number of nitrogens with zero attached hydrogens (tertiary/aromatic N) is 2. The van der Waals surface area contributed by atoms with Crippen LogP contribution in [0.4, 0.5) is 0 Å². The number of nitrogens with one attached hydrogen (secondary N) is 1. The topological polar surface area (TPSA) is 112 Å². The molecule has 3 N–H and O–H groups in total. The average Bonchev–Trinajstić information content (AvgIpc) is 3.40. The number of amides is 2. The van der Waals surface area contributed by atoms with Crippen LogP contribution in [0.1, 0.15) is 65.0 Å². The van der Waals surface area contributed by atoms with Gasteiger partial charge in [0.05, 0.1) is 32.5 Å². The van der Waals surface area contributed by atoms with Crippen LogP contribution in [-0.4, -0.2) is 89.2 Å². The second kappa shape index (κ2) is 12.9. The molecule has 2 heterocycles. The average molecular weight is 622 g/mol. The number of hydroxylamine groups is 2. The highest BCUT2D eigenvalue weighted by molar-refractivity contribution is 5.95. The SMILES string of the molecule is CC1CC(c2cccc(CN3O[C@@H](CO)[C@@H]([C@H](C)O)[C@H]3C(=O)N[C@H]3C[C@H]4C[C@@H]([C@@H]3C)C4(C)C)c2)=CC=C1C(=O)N1CCOCC1. The number of hydrogen-bond acceptors (Lipinski definition) is 7. The number of ether oxygens (including phenoxy) is 1. The van der Waals surface area contributed by atoms with Crippen molar-refractivity contribution in [2.45, 2.75) is 84.7 Å². The molecule has 9 heteroatoms. The lowest BCUT2D eigenvalue weighted by atomic mass is 9.45. The molecule has 5 fully saturated rings. The van der Waals surface area contributed by atoms with Crippen LogP contribution < -0.4 is 5.32 Å². The largest absolute Gasteiger partial charge is 0.394 e. The molecule has 4 aliphatic carbocycles. The van der Waals surface area contributed by atoms with Gasteiger partial charge in [-0.2, -0.15) is 5.06 Å². The van der Waals surface area contributed by atoms with Gasteiger partial charge in [0, 0.05) is 30.6 Å². The molecule has 9 atom stereocenters. The molecule has 246 valence electrons. The zero-order valence-electron chi connectivity index (χ0n) is 27.4. The maximum absolute atomic E-state index is 14.0. The number of carbonyl (C=O) groups excluding carboxylic acids is 2. The van der Waals surface area contributed by atoms with Crippen LogP contribution in [0.15, 0.2) is 42.0 Å². The molecular formula is C36H51N3O6. The number of hydrogen-bond donors (Lipinski definition) is 3. The van der Waals surface area contributed by atoms with Gasteiger partial charge in [-0.05, 0) is 72.0 Å². The van der Waals surface area contributed by atoms with E-state index in [1.165, 1.54) is 6.42 Å². The summed E-state index contributed by atoms with van der Waals surface area (Å²) in [5, 5.41) is 26.0. The Hall–Kier alpha value is -2.56. The molecule has 2 saturated heterocycles. The van der Waals surface area contributed by atoms with E-state index in [0.717, 1.165) is 35.1 Å². The summed E-state index contributed by atoms with van der Waals surface area (Å²) in [5.41, 5.74) is 4.35. The molecular weight excluding hydrogens is 570 g/mol. The summed E-state index contributed by atoms with van der Waals surface area (Å²) in [5.74, 6) is 1.08. The van der Waals surface area contributed by atoms with E-state index in [0.29, 0.717) is 56.0 Å². The van der Waals surface area contributed by atoms with Crippen molar-refractivity contribution in [1.82, 2.24) is 15.3 Å². The second-order valence-corrected chi connectivity index (χ2v) is 14.8. The summed E-state index contributed by atoms with van der Waals surface area (Å²) in [6.07, 6.45) is 5.47. The van der Waals surface area contributed by atoms with Crippen LogP contribution in [0, 0.1) is 35.0 Å². The van der Waals surface area contributed by atoms with Crippen LogP contribution in [0.5, 0.6) is 0 Å². The summed E-state index contributed by atoms with van der Waals surface area (Å²) >= 11 is 0. The number of allylic oxidation sites excluding steroid dienone is 3. The Labute approximate surface area is 267 Å². The van der Waals surface area contributed by atoms with Crippen LogP contribution in [0.2, 0.25) is 0 Å². The van der Waals surface area contributed by atoms with Crippen molar-refractivity contribution in [3.05, 3.63) is 53.1 Å². The van der Waals surface area contributed by atoms with Gasteiger partial charge in [-0.15, -0.1) is 0 Å². The lowest BCUT2D eigenvalue weighted by molar-refractivity contribution is -0.183. The lowest BCUT2D eigenvalue weighted by Crippen LogP contribution is -2.62. The smallest absolute Gasteiger partial charge is 0.250 e. The molecule has 1 aromatic rings. The molecule has 9 nitrogen and oxygen atoms in total. The van der Waals surface area contributed by atoms with Crippen LogP contribution >= 0.6 is 0 Å². The van der Waals surface area contributed by atoms with E-state index < -0.39 is 24.2 Å². The third kappa shape index (κ3) is 6.14. The fourth-order valence-electron chi connectivity index (χ4n) is 8.84.